The summed E-state index contributed by atoms with van der Waals surface area (Å²) in [6.07, 6.45) is 4.70. The lowest BCUT2D eigenvalue weighted by Gasteiger charge is -2.26. The van der Waals surface area contributed by atoms with Gasteiger partial charge in [-0.2, -0.15) is 0 Å². The number of anilines is 1. The van der Waals surface area contributed by atoms with Gasteiger partial charge in [-0.1, -0.05) is 5.92 Å². The van der Waals surface area contributed by atoms with E-state index in [4.69, 9.17) is 16.9 Å². The van der Waals surface area contributed by atoms with Crippen molar-refractivity contribution in [2.75, 3.05) is 12.3 Å². The van der Waals surface area contributed by atoms with Crippen molar-refractivity contribution < 1.29 is 20.1 Å². The van der Waals surface area contributed by atoms with Gasteiger partial charge in [0.15, 0.2) is 11.8 Å². The Bertz CT molecular complexity index is 725. The molecule has 0 spiro atoms. The number of ether oxygens (including phenoxy) is 1. The highest BCUT2D eigenvalue weighted by Gasteiger charge is 2.55. The number of nitrogens with two attached hydrogens (primary N) is 1. The van der Waals surface area contributed by atoms with Crippen LogP contribution in [-0.4, -0.2) is 54.3 Å². The van der Waals surface area contributed by atoms with Crippen molar-refractivity contribution in [3.05, 3.63) is 18.6 Å². The molecule has 2 aromatic rings. The molecule has 4 atom stereocenters. The van der Waals surface area contributed by atoms with E-state index in [1.165, 1.54) is 10.9 Å². The number of aliphatic hydroxyl groups is 3. The molecular formula is C13H14N4O4. The fourth-order valence-corrected chi connectivity index (χ4v) is 2.53. The summed E-state index contributed by atoms with van der Waals surface area (Å²) >= 11 is 0. The predicted octanol–water partition coefficient (Wildman–Crippen LogP) is -1.37. The largest absolute Gasteiger partial charge is 0.394 e. The van der Waals surface area contributed by atoms with E-state index in [1.54, 1.807) is 12.3 Å². The molecule has 1 aliphatic rings. The fourth-order valence-electron chi connectivity index (χ4n) is 2.53. The van der Waals surface area contributed by atoms with Crippen molar-refractivity contribution in [1.82, 2.24) is 14.5 Å². The molecule has 1 saturated heterocycles. The number of nitrogen functional groups attached to an aromatic ring is 1. The number of nitrogens with zero attached hydrogens (tertiary/aromatic N) is 3. The van der Waals surface area contributed by atoms with Gasteiger partial charge in [0, 0.05) is 6.20 Å². The lowest BCUT2D eigenvalue weighted by Crippen LogP contribution is -2.45. The van der Waals surface area contributed by atoms with Gasteiger partial charge in [-0.25, -0.2) is 9.97 Å². The monoisotopic (exact) mass is 290 g/mol. The Labute approximate surface area is 119 Å². The third-order valence-electron chi connectivity index (χ3n) is 3.69. The van der Waals surface area contributed by atoms with Crippen LogP contribution in [0.4, 0.5) is 5.82 Å². The molecule has 0 saturated carbocycles. The van der Waals surface area contributed by atoms with Gasteiger partial charge in [0.25, 0.3) is 0 Å². The molecule has 5 N–H and O–H groups in total. The molecule has 110 valence electrons. The van der Waals surface area contributed by atoms with Gasteiger partial charge in [0.2, 0.25) is 0 Å². The average Bonchev–Trinajstić information content (AvgIpc) is 3.01. The van der Waals surface area contributed by atoms with Crippen LogP contribution in [0.25, 0.3) is 11.0 Å². The standard InChI is InChI=1S/C13H14N4O4/c1-2-13(20)9(19)8(5-18)21-12(13)17-4-3-7-10(14)15-6-16-11(7)17/h1,3-4,6,8-9,12,18-20H,5H2,(H2,14,15,16)/t8-,9?,12?,13?/m1/s1. The molecule has 1 fully saturated rings. The van der Waals surface area contributed by atoms with E-state index in [1.807, 2.05) is 0 Å². The van der Waals surface area contributed by atoms with Gasteiger partial charge in [-0.15, -0.1) is 6.42 Å². The van der Waals surface area contributed by atoms with E-state index in [2.05, 4.69) is 15.9 Å². The van der Waals surface area contributed by atoms with E-state index >= 15 is 0 Å². The normalized spacial score (nSPS) is 32.4. The van der Waals surface area contributed by atoms with Gasteiger partial charge in [-0.3, -0.25) is 0 Å². The smallest absolute Gasteiger partial charge is 0.199 e. The molecule has 8 nitrogen and oxygen atoms in total. The van der Waals surface area contributed by atoms with Crippen LogP contribution in [0.2, 0.25) is 0 Å². The number of rotatable bonds is 2. The number of fused-ring (bicyclic) bond motifs is 1. The predicted molar refractivity (Wildman–Crippen MR) is 72.7 cm³/mol. The van der Waals surface area contributed by atoms with Crippen molar-refractivity contribution >= 4 is 16.9 Å². The van der Waals surface area contributed by atoms with Crippen molar-refractivity contribution in [3.8, 4) is 12.3 Å². The third kappa shape index (κ3) is 1.80. The summed E-state index contributed by atoms with van der Waals surface area (Å²) in [6, 6.07) is 1.66. The van der Waals surface area contributed by atoms with E-state index < -0.39 is 30.6 Å². The summed E-state index contributed by atoms with van der Waals surface area (Å²) < 4.78 is 6.96. The quantitative estimate of drug-likeness (QED) is 0.502. The molecule has 1 aliphatic heterocycles. The molecule has 8 heteroatoms. The van der Waals surface area contributed by atoms with Crippen LogP contribution in [0.3, 0.4) is 0 Å². The van der Waals surface area contributed by atoms with Crippen LogP contribution in [0, 0.1) is 12.3 Å². The average molecular weight is 290 g/mol. The first-order valence-corrected chi connectivity index (χ1v) is 6.24. The number of aliphatic hydroxyl groups excluding tert-OH is 2. The summed E-state index contributed by atoms with van der Waals surface area (Å²) in [7, 11) is 0. The Morgan fingerprint density at radius 3 is 2.95 bits per heavy atom. The minimum atomic E-state index is -1.99. The zero-order valence-electron chi connectivity index (χ0n) is 10.9. The zero-order valence-corrected chi connectivity index (χ0v) is 10.9. The van der Waals surface area contributed by atoms with Crippen LogP contribution in [0.1, 0.15) is 6.23 Å². The Balaban J connectivity index is 2.14. The molecule has 0 aliphatic carbocycles. The summed E-state index contributed by atoms with van der Waals surface area (Å²) in [5.74, 6) is 2.42. The fraction of sp³-hybridized carbons (Fsp3) is 0.385. The second-order valence-corrected chi connectivity index (χ2v) is 4.84. The van der Waals surface area contributed by atoms with Crippen LogP contribution in [-0.2, 0) is 4.74 Å². The topological polar surface area (TPSA) is 127 Å². The second-order valence-electron chi connectivity index (χ2n) is 4.84. The first-order valence-electron chi connectivity index (χ1n) is 6.24. The van der Waals surface area contributed by atoms with Crippen LogP contribution in [0.15, 0.2) is 18.6 Å². The van der Waals surface area contributed by atoms with Crippen LogP contribution < -0.4 is 5.73 Å². The molecule has 0 aromatic carbocycles. The molecule has 21 heavy (non-hydrogen) atoms. The van der Waals surface area contributed by atoms with E-state index in [0.29, 0.717) is 11.0 Å². The van der Waals surface area contributed by atoms with Gasteiger partial charge in [0.05, 0.1) is 12.0 Å². The maximum Gasteiger partial charge on any atom is 0.199 e. The van der Waals surface area contributed by atoms with Gasteiger partial charge in [0.1, 0.15) is 30.0 Å². The molecule has 0 bridgehead atoms. The Morgan fingerprint density at radius 2 is 2.29 bits per heavy atom. The third-order valence-corrected chi connectivity index (χ3v) is 3.69. The molecule has 0 amide bonds. The van der Waals surface area contributed by atoms with Gasteiger partial charge >= 0.3 is 0 Å². The van der Waals surface area contributed by atoms with Crippen molar-refractivity contribution in [2.45, 2.75) is 24.0 Å². The number of terminal acetylenes is 1. The lowest BCUT2D eigenvalue weighted by molar-refractivity contribution is -0.0718. The first kappa shape index (κ1) is 13.8. The number of hydrogen-bond donors (Lipinski definition) is 4. The summed E-state index contributed by atoms with van der Waals surface area (Å²) in [6.45, 7) is -0.474. The Kier molecular flexibility index (Phi) is 3.07. The van der Waals surface area contributed by atoms with E-state index in [-0.39, 0.29) is 5.82 Å². The van der Waals surface area contributed by atoms with Gasteiger partial charge < -0.3 is 30.4 Å². The highest BCUT2D eigenvalue weighted by atomic mass is 16.6. The van der Waals surface area contributed by atoms with Crippen molar-refractivity contribution in [2.24, 2.45) is 0 Å². The maximum absolute atomic E-state index is 10.5. The molecule has 2 aromatic heterocycles. The zero-order chi connectivity index (χ0) is 15.2. The summed E-state index contributed by atoms with van der Waals surface area (Å²) in [4.78, 5) is 7.96. The molecule has 3 rings (SSSR count). The number of hydrogen-bond acceptors (Lipinski definition) is 7. The molecule has 3 unspecified atom stereocenters. The van der Waals surface area contributed by atoms with E-state index in [9.17, 15) is 15.3 Å². The van der Waals surface area contributed by atoms with Gasteiger partial charge in [-0.05, 0) is 6.07 Å². The highest BCUT2D eigenvalue weighted by Crippen LogP contribution is 2.39. The molecule has 3 heterocycles. The summed E-state index contributed by atoms with van der Waals surface area (Å²) in [5, 5.41) is 30.4. The minimum absolute atomic E-state index is 0.278. The lowest BCUT2D eigenvalue weighted by atomic mass is 9.95. The SMILES string of the molecule is C#CC1(O)C(O)[C@@H](CO)OC1n1ccc2c(N)ncnc21. The number of aromatic nitrogens is 3. The van der Waals surface area contributed by atoms with E-state index in [0.717, 1.165) is 0 Å². The van der Waals surface area contributed by atoms with Crippen molar-refractivity contribution in [1.29, 1.82) is 0 Å². The second kappa shape index (κ2) is 4.68. The van der Waals surface area contributed by atoms with Crippen molar-refractivity contribution in [3.63, 3.8) is 0 Å². The molecular weight excluding hydrogens is 276 g/mol. The Hall–Kier alpha value is -2.18. The minimum Gasteiger partial charge on any atom is -0.394 e. The maximum atomic E-state index is 10.5. The summed E-state index contributed by atoms with van der Waals surface area (Å²) in [5.41, 5.74) is 4.17. The van der Waals surface area contributed by atoms with Crippen LogP contribution >= 0.6 is 0 Å². The molecule has 0 radical (unpaired) electrons. The Morgan fingerprint density at radius 1 is 1.52 bits per heavy atom. The van der Waals surface area contributed by atoms with Crippen LogP contribution in [0.5, 0.6) is 0 Å². The first-order chi connectivity index (χ1) is 10.0. The highest BCUT2D eigenvalue weighted by molar-refractivity contribution is 5.86.